The first-order valence-electron chi connectivity index (χ1n) is 19.3. The fourth-order valence-electron chi connectivity index (χ4n) is 5.01. The Morgan fingerprint density at radius 2 is 0.875 bits per heavy atom. The minimum absolute atomic E-state index is 0.121. The van der Waals surface area contributed by atoms with Crippen molar-refractivity contribution in [3.8, 4) is 0 Å². The molecule has 0 aliphatic carbocycles. The summed E-state index contributed by atoms with van der Waals surface area (Å²) in [7, 11) is 5.03. The van der Waals surface area contributed by atoms with Crippen LogP contribution in [0.25, 0.3) is 0 Å². The molecule has 283 valence electrons. The van der Waals surface area contributed by atoms with Crippen LogP contribution in [-0.2, 0) is 28.6 Å². The number of carbonyl (C=O) groups is 3. The van der Waals surface area contributed by atoms with Gasteiger partial charge < -0.3 is 0 Å². The van der Waals surface area contributed by atoms with Crippen molar-refractivity contribution in [2.75, 3.05) is 31.3 Å². The van der Waals surface area contributed by atoms with Crippen molar-refractivity contribution in [3.05, 3.63) is 0 Å². The summed E-state index contributed by atoms with van der Waals surface area (Å²) in [4.78, 5) is 38.7. The van der Waals surface area contributed by atoms with E-state index in [2.05, 4.69) is 48.5 Å². The second-order valence-corrected chi connectivity index (χ2v) is 38.1. The molecule has 0 rings (SSSR count). The van der Waals surface area contributed by atoms with E-state index >= 15 is 0 Å². The van der Waals surface area contributed by atoms with Gasteiger partial charge in [-0.1, -0.05) is 0 Å². The summed E-state index contributed by atoms with van der Waals surface area (Å²) < 4.78 is 16.9. The van der Waals surface area contributed by atoms with Crippen molar-refractivity contribution in [2.45, 2.75) is 176 Å². The Hall–Kier alpha value is 0.259. The maximum absolute atomic E-state index is 13.4. The Kier molecular flexibility index (Phi) is 34.5. The third-order valence-corrected chi connectivity index (χ3v) is 34.1. The topological polar surface area (TPSA) is 78.9 Å². The number of carbonyl (C=O) groups excluding carboxylic acids is 3. The van der Waals surface area contributed by atoms with Gasteiger partial charge in [-0.25, -0.2) is 0 Å². The molecule has 0 aliphatic rings. The molecule has 0 bridgehead atoms. The zero-order valence-corrected chi connectivity index (χ0v) is 37.3. The first-order chi connectivity index (χ1) is 23.0. The monoisotopic (exact) mass is 841 g/mol. The minimum atomic E-state index is -2.57. The predicted molar refractivity (Wildman–Crippen MR) is 213 cm³/mol. The van der Waals surface area contributed by atoms with Gasteiger partial charge in [-0.05, 0) is 0 Å². The third kappa shape index (κ3) is 33.4. The van der Waals surface area contributed by atoms with Gasteiger partial charge in [0.15, 0.2) is 0 Å². The summed E-state index contributed by atoms with van der Waals surface area (Å²) in [6.07, 6.45) is 20.8. The van der Waals surface area contributed by atoms with Gasteiger partial charge >= 0.3 is 314 Å². The average molecular weight is 841 g/mol. The Balaban J connectivity index is 5.16. The molecule has 0 heterocycles. The number of hydrogen-bond donors (Lipinski definition) is 0. The molecule has 6 nitrogen and oxygen atoms in total. The standard InChI is InChI=1S/C18H36O2S.2C10H20O2S.Sn/c1-4-5-6-7-8-11-14-17(21)18(19)20-15-12-9-10-13-16(2)3;2*1-9(2)6-4-3-5-7-12-10(11)8-13;/h16-17,21H,4-15H2,1-3H3;2*9,13H,3-8H2,1-2H3;/q;;;+3/p-3. The van der Waals surface area contributed by atoms with Crippen molar-refractivity contribution in [2.24, 2.45) is 17.8 Å². The van der Waals surface area contributed by atoms with Crippen LogP contribution in [-0.4, -0.2) is 70.1 Å². The van der Waals surface area contributed by atoms with E-state index in [0.29, 0.717) is 37.6 Å². The molecule has 48 heavy (non-hydrogen) atoms. The second kappa shape index (κ2) is 34.4. The van der Waals surface area contributed by atoms with E-state index in [-0.39, 0.29) is 34.7 Å². The molecule has 0 amide bonds. The molecule has 1 atom stereocenters. The predicted octanol–water partition coefficient (Wildman–Crippen LogP) is 11.6. The molecule has 0 spiro atoms. The molecule has 0 fully saturated rings. The molecule has 1 radical (unpaired) electrons. The Bertz CT molecular complexity index is 748. The van der Waals surface area contributed by atoms with Crippen molar-refractivity contribution >= 4 is 60.4 Å². The molecule has 0 aromatic carbocycles. The van der Waals surface area contributed by atoms with Gasteiger partial charge in [0.25, 0.3) is 0 Å². The van der Waals surface area contributed by atoms with E-state index in [4.69, 9.17) is 14.2 Å². The number of hydrogen-bond acceptors (Lipinski definition) is 9. The van der Waals surface area contributed by atoms with Crippen LogP contribution in [0.1, 0.15) is 170 Å². The van der Waals surface area contributed by atoms with Crippen molar-refractivity contribution in [1.29, 1.82) is 0 Å². The Labute approximate surface area is 311 Å². The fourth-order valence-corrected chi connectivity index (χ4v) is 30.1. The molecule has 10 heteroatoms. The summed E-state index contributed by atoms with van der Waals surface area (Å²) in [5, 5.41) is -0.241. The SMILES string of the molecule is CCCCCCCCC([S][Sn]([S]CC(=O)OCCCCCC(C)C)[S]CC(=O)OCCCCCC(C)C)C(=O)OCCCCCC(C)C. The van der Waals surface area contributed by atoms with E-state index < -0.39 is 15.6 Å². The van der Waals surface area contributed by atoms with Crippen LogP contribution in [0.4, 0.5) is 0 Å². The third-order valence-electron chi connectivity index (χ3n) is 7.98. The molecular formula is C38H73O6S3Sn. The normalized spacial score (nSPS) is 12.3. The van der Waals surface area contributed by atoms with Crippen LogP contribution < -0.4 is 0 Å². The molecule has 0 aliphatic heterocycles. The van der Waals surface area contributed by atoms with Gasteiger partial charge in [0.05, 0.1) is 0 Å². The molecule has 0 aromatic heterocycles. The van der Waals surface area contributed by atoms with Gasteiger partial charge in [-0.2, -0.15) is 0 Å². The summed E-state index contributed by atoms with van der Waals surface area (Å²) in [5.41, 5.74) is 0. The molecular weight excluding hydrogens is 767 g/mol. The molecule has 0 aromatic rings. The maximum atomic E-state index is 13.4. The zero-order valence-electron chi connectivity index (χ0n) is 32.0. The van der Waals surface area contributed by atoms with Gasteiger partial charge in [-0.15, -0.1) is 0 Å². The fraction of sp³-hybridized carbons (Fsp3) is 0.921. The van der Waals surface area contributed by atoms with Crippen molar-refractivity contribution in [1.82, 2.24) is 0 Å². The Morgan fingerprint density at radius 1 is 0.500 bits per heavy atom. The summed E-state index contributed by atoms with van der Waals surface area (Å²) in [6.45, 7) is 17.0. The number of ether oxygens (including phenoxy) is 3. The van der Waals surface area contributed by atoms with Crippen LogP contribution in [0, 0.1) is 17.8 Å². The second-order valence-electron chi connectivity index (χ2n) is 14.3. The molecule has 1 unspecified atom stereocenters. The van der Waals surface area contributed by atoms with Crippen LogP contribution in [0.5, 0.6) is 0 Å². The summed E-state index contributed by atoms with van der Waals surface area (Å²) in [5.74, 6) is 2.15. The molecule has 0 saturated heterocycles. The molecule has 0 saturated carbocycles. The van der Waals surface area contributed by atoms with Crippen molar-refractivity contribution in [3.63, 3.8) is 0 Å². The van der Waals surface area contributed by atoms with Crippen LogP contribution >= 0.6 is 26.8 Å². The van der Waals surface area contributed by atoms with Gasteiger partial charge in [0.2, 0.25) is 0 Å². The van der Waals surface area contributed by atoms with Gasteiger partial charge in [0, 0.05) is 0 Å². The summed E-state index contributed by atoms with van der Waals surface area (Å²) in [6, 6.07) is 0. The van der Waals surface area contributed by atoms with Gasteiger partial charge in [0.1, 0.15) is 0 Å². The van der Waals surface area contributed by atoms with Crippen molar-refractivity contribution < 1.29 is 28.6 Å². The quantitative estimate of drug-likeness (QED) is 0.0272. The van der Waals surface area contributed by atoms with E-state index in [0.717, 1.165) is 70.6 Å². The number of esters is 3. The molecule has 0 N–H and O–H groups in total. The van der Waals surface area contributed by atoms with E-state index in [1.165, 1.54) is 51.4 Å². The van der Waals surface area contributed by atoms with Crippen LogP contribution in [0.3, 0.4) is 0 Å². The van der Waals surface area contributed by atoms with Crippen LogP contribution in [0.2, 0.25) is 0 Å². The number of unbranched alkanes of at least 4 members (excludes halogenated alkanes) is 11. The average Bonchev–Trinajstić information content (AvgIpc) is 3.03. The summed E-state index contributed by atoms with van der Waals surface area (Å²) >= 11 is -2.57. The first-order valence-corrected chi connectivity index (χ1v) is 32.7. The van der Waals surface area contributed by atoms with Crippen LogP contribution in [0.15, 0.2) is 0 Å². The number of rotatable bonds is 34. The Morgan fingerprint density at radius 3 is 1.31 bits per heavy atom. The van der Waals surface area contributed by atoms with Gasteiger partial charge in [-0.3, -0.25) is 0 Å². The van der Waals surface area contributed by atoms with E-state index in [1.54, 1.807) is 26.8 Å². The van der Waals surface area contributed by atoms with E-state index in [1.807, 2.05) is 0 Å². The first kappa shape index (κ1) is 48.3. The van der Waals surface area contributed by atoms with E-state index in [9.17, 15) is 14.4 Å². The zero-order chi connectivity index (χ0) is 35.8.